The molecule has 4 heteroatoms. The SMILES string of the molecule is Cc1cc(OCc2ccc(C(=N)N)cc2C)ccc1Br. The van der Waals surface area contributed by atoms with Crippen molar-refractivity contribution in [1.29, 1.82) is 5.41 Å². The highest BCUT2D eigenvalue weighted by molar-refractivity contribution is 9.10. The Balaban J connectivity index is 2.10. The van der Waals surface area contributed by atoms with Crippen molar-refractivity contribution in [3.05, 3.63) is 63.1 Å². The number of amidine groups is 1. The van der Waals surface area contributed by atoms with Gasteiger partial charge < -0.3 is 10.5 Å². The van der Waals surface area contributed by atoms with Crippen molar-refractivity contribution >= 4 is 21.8 Å². The molecule has 0 atom stereocenters. The fourth-order valence-corrected chi connectivity index (χ4v) is 2.14. The van der Waals surface area contributed by atoms with Crippen LogP contribution in [0.1, 0.15) is 22.3 Å². The van der Waals surface area contributed by atoms with Crippen LogP contribution >= 0.6 is 15.9 Å². The van der Waals surface area contributed by atoms with Gasteiger partial charge in [0, 0.05) is 10.0 Å². The minimum absolute atomic E-state index is 0.0871. The number of hydrogen-bond acceptors (Lipinski definition) is 2. The third kappa shape index (κ3) is 3.39. The predicted molar refractivity (Wildman–Crippen MR) is 85.4 cm³/mol. The summed E-state index contributed by atoms with van der Waals surface area (Å²) >= 11 is 3.47. The number of hydrogen-bond donors (Lipinski definition) is 2. The summed E-state index contributed by atoms with van der Waals surface area (Å²) in [6.07, 6.45) is 0. The fraction of sp³-hybridized carbons (Fsp3) is 0.188. The molecule has 2 rings (SSSR count). The molecule has 0 unspecified atom stereocenters. The summed E-state index contributed by atoms with van der Waals surface area (Å²) in [6.45, 7) is 4.53. The monoisotopic (exact) mass is 332 g/mol. The van der Waals surface area contributed by atoms with Gasteiger partial charge in [0.25, 0.3) is 0 Å². The molecule has 0 spiro atoms. The molecular weight excluding hydrogens is 316 g/mol. The highest BCUT2D eigenvalue weighted by Crippen LogP contribution is 2.22. The van der Waals surface area contributed by atoms with Gasteiger partial charge in [0.05, 0.1) is 0 Å². The average molecular weight is 333 g/mol. The number of nitrogens with two attached hydrogens (primary N) is 1. The molecule has 0 saturated heterocycles. The lowest BCUT2D eigenvalue weighted by Crippen LogP contribution is -2.11. The van der Waals surface area contributed by atoms with Crippen LogP contribution in [0.3, 0.4) is 0 Å². The summed E-state index contributed by atoms with van der Waals surface area (Å²) in [5.41, 5.74) is 9.53. The van der Waals surface area contributed by atoms with Crippen molar-refractivity contribution in [3.63, 3.8) is 0 Å². The van der Waals surface area contributed by atoms with E-state index in [1.807, 2.05) is 50.2 Å². The molecular formula is C16H17BrN2O. The Morgan fingerprint density at radius 1 is 1.15 bits per heavy atom. The van der Waals surface area contributed by atoms with Gasteiger partial charge >= 0.3 is 0 Å². The molecule has 0 aromatic heterocycles. The van der Waals surface area contributed by atoms with Gasteiger partial charge in [-0.1, -0.05) is 28.1 Å². The van der Waals surface area contributed by atoms with Crippen molar-refractivity contribution in [2.24, 2.45) is 5.73 Å². The van der Waals surface area contributed by atoms with Crippen LogP contribution in [0.25, 0.3) is 0 Å². The molecule has 0 saturated carbocycles. The lowest BCUT2D eigenvalue weighted by molar-refractivity contribution is 0.305. The molecule has 0 aliphatic rings. The zero-order valence-corrected chi connectivity index (χ0v) is 13.1. The predicted octanol–water partition coefficient (Wildman–Crippen LogP) is 3.93. The number of nitrogens with one attached hydrogen (secondary N) is 1. The van der Waals surface area contributed by atoms with Crippen LogP contribution in [0.15, 0.2) is 40.9 Å². The van der Waals surface area contributed by atoms with E-state index >= 15 is 0 Å². The Morgan fingerprint density at radius 3 is 2.50 bits per heavy atom. The zero-order valence-electron chi connectivity index (χ0n) is 11.5. The molecule has 0 heterocycles. The van der Waals surface area contributed by atoms with Crippen LogP contribution in [-0.2, 0) is 6.61 Å². The second kappa shape index (κ2) is 6.09. The van der Waals surface area contributed by atoms with E-state index in [1.54, 1.807) is 0 Å². The van der Waals surface area contributed by atoms with Gasteiger partial charge in [0.1, 0.15) is 18.2 Å². The van der Waals surface area contributed by atoms with E-state index in [4.69, 9.17) is 15.9 Å². The summed E-state index contributed by atoms with van der Waals surface area (Å²) in [5.74, 6) is 0.935. The topological polar surface area (TPSA) is 59.1 Å². The molecule has 0 aliphatic carbocycles. The maximum atomic E-state index is 7.42. The van der Waals surface area contributed by atoms with Gasteiger partial charge in [0.15, 0.2) is 0 Å². The minimum atomic E-state index is 0.0871. The van der Waals surface area contributed by atoms with E-state index in [9.17, 15) is 0 Å². The quantitative estimate of drug-likeness (QED) is 0.658. The molecule has 0 aliphatic heterocycles. The normalized spacial score (nSPS) is 10.3. The van der Waals surface area contributed by atoms with E-state index in [0.717, 1.165) is 32.5 Å². The summed E-state index contributed by atoms with van der Waals surface area (Å²) in [4.78, 5) is 0. The Labute approximate surface area is 127 Å². The molecule has 0 bridgehead atoms. The van der Waals surface area contributed by atoms with Gasteiger partial charge in [-0.3, -0.25) is 5.41 Å². The third-order valence-electron chi connectivity index (χ3n) is 3.18. The van der Waals surface area contributed by atoms with E-state index in [2.05, 4.69) is 15.9 Å². The van der Waals surface area contributed by atoms with Crippen LogP contribution < -0.4 is 10.5 Å². The van der Waals surface area contributed by atoms with Crippen LogP contribution in [0.2, 0.25) is 0 Å². The van der Waals surface area contributed by atoms with Crippen LogP contribution in [0, 0.1) is 19.3 Å². The number of halogens is 1. The maximum absolute atomic E-state index is 7.42. The first-order valence-electron chi connectivity index (χ1n) is 6.30. The summed E-state index contributed by atoms with van der Waals surface area (Å²) < 4.78 is 6.88. The Kier molecular flexibility index (Phi) is 4.45. The zero-order chi connectivity index (χ0) is 14.7. The van der Waals surface area contributed by atoms with Crippen molar-refractivity contribution in [2.75, 3.05) is 0 Å². The van der Waals surface area contributed by atoms with Gasteiger partial charge in [-0.2, -0.15) is 0 Å². The number of nitrogen functional groups attached to an aromatic ring is 1. The third-order valence-corrected chi connectivity index (χ3v) is 4.07. The van der Waals surface area contributed by atoms with E-state index in [1.165, 1.54) is 0 Å². The lowest BCUT2D eigenvalue weighted by atomic mass is 10.1. The van der Waals surface area contributed by atoms with Gasteiger partial charge in [0.2, 0.25) is 0 Å². The van der Waals surface area contributed by atoms with Crippen molar-refractivity contribution in [2.45, 2.75) is 20.5 Å². The van der Waals surface area contributed by atoms with E-state index in [-0.39, 0.29) is 5.84 Å². The minimum Gasteiger partial charge on any atom is -0.489 e. The molecule has 2 aromatic carbocycles. The van der Waals surface area contributed by atoms with Gasteiger partial charge in [-0.15, -0.1) is 0 Å². The fourth-order valence-electron chi connectivity index (χ4n) is 1.89. The second-order valence-electron chi connectivity index (χ2n) is 4.75. The van der Waals surface area contributed by atoms with Crippen molar-refractivity contribution in [1.82, 2.24) is 0 Å². The first-order valence-corrected chi connectivity index (χ1v) is 7.09. The Hall–Kier alpha value is -1.81. The number of ether oxygens (including phenoxy) is 1. The average Bonchev–Trinajstić information content (AvgIpc) is 2.41. The first-order chi connectivity index (χ1) is 9.47. The number of rotatable bonds is 4. The van der Waals surface area contributed by atoms with Crippen LogP contribution in [0.4, 0.5) is 0 Å². The smallest absolute Gasteiger partial charge is 0.122 e. The number of aryl methyl sites for hydroxylation is 2. The molecule has 2 aromatic rings. The summed E-state index contributed by atoms with van der Waals surface area (Å²) in [6, 6.07) is 11.6. The molecule has 3 nitrogen and oxygen atoms in total. The molecule has 3 N–H and O–H groups in total. The van der Waals surface area contributed by atoms with Crippen molar-refractivity contribution in [3.8, 4) is 5.75 Å². The van der Waals surface area contributed by atoms with Gasteiger partial charge in [-0.25, -0.2) is 0 Å². The van der Waals surface area contributed by atoms with E-state index < -0.39 is 0 Å². The van der Waals surface area contributed by atoms with Crippen molar-refractivity contribution < 1.29 is 4.74 Å². The molecule has 0 amide bonds. The molecule has 0 fully saturated rings. The Morgan fingerprint density at radius 2 is 1.90 bits per heavy atom. The molecule has 0 radical (unpaired) electrons. The first kappa shape index (κ1) is 14.6. The lowest BCUT2D eigenvalue weighted by Gasteiger charge is -2.11. The summed E-state index contributed by atoms with van der Waals surface area (Å²) in [7, 11) is 0. The van der Waals surface area contributed by atoms with Crippen LogP contribution in [0.5, 0.6) is 5.75 Å². The number of benzene rings is 2. The molecule has 20 heavy (non-hydrogen) atoms. The highest BCUT2D eigenvalue weighted by Gasteiger charge is 2.04. The second-order valence-corrected chi connectivity index (χ2v) is 5.61. The highest BCUT2D eigenvalue weighted by atomic mass is 79.9. The molecule has 104 valence electrons. The largest absolute Gasteiger partial charge is 0.489 e. The van der Waals surface area contributed by atoms with Crippen LogP contribution in [-0.4, -0.2) is 5.84 Å². The van der Waals surface area contributed by atoms with E-state index in [0.29, 0.717) is 6.61 Å². The standard InChI is InChI=1S/C16H17BrN2O/c1-10-7-12(16(18)19)3-4-13(10)9-20-14-5-6-15(17)11(2)8-14/h3-8H,9H2,1-2H3,(H3,18,19). The maximum Gasteiger partial charge on any atom is 0.122 e. The van der Waals surface area contributed by atoms with Gasteiger partial charge in [-0.05, 0) is 54.8 Å². The Bertz CT molecular complexity index is 653. The summed E-state index contributed by atoms with van der Waals surface area (Å²) in [5, 5.41) is 7.42.